The number of esters is 1. The normalized spacial score (nSPS) is 12.6. The first-order valence-electron chi connectivity index (χ1n) is 18.7. The fraction of sp³-hybridized carbons (Fsp3) is 0.833. The van der Waals surface area contributed by atoms with Crippen molar-refractivity contribution in [3.63, 3.8) is 0 Å². The topological polar surface area (TPSA) is 238 Å². The quantitative estimate of drug-likeness (QED) is 0.0349. The van der Waals surface area contributed by atoms with Crippen molar-refractivity contribution in [2.24, 2.45) is 0 Å². The number of hydrogen-bond acceptors (Lipinski definition) is 13. The van der Waals surface area contributed by atoms with Crippen LogP contribution in [0, 0.1) is 0 Å². The molecule has 0 aliphatic carbocycles. The van der Waals surface area contributed by atoms with Gasteiger partial charge in [0.1, 0.15) is 23.3 Å². The van der Waals surface area contributed by atoms with Crippen LogP contribution in [0.1, 0.15) is 99.3 Å². The van der Waals surface area contributed by atoms with Gasteiger partial charge >= 0.3 is 24.1 Å². The largest absolute Gasteiger partial charge is 0.480 e. The van der Waals surface area contributed by atoms with Gasteiger partial charge in [0.25, 0.3) is 0 Å². The van der Waals surface area contributed by atoms with Crippen LogP contribution in [0.4, 0.5) is 9.59 Å². The highest BCUT2D eigenvalue weighted by Crippen LogP contribution is 2.09. The van der Waals surface area contributed by atoms with Crippen LogP contribution in [-0.4, -0.2) is 137 Å². The van der Waals surface area contributed by atoms with Gasteiger partial charge in [0.05, 0.1) is 33.5 Å². The number of alkyl carbamates (subject to hydrolysis) is 2. The van der Waals surface area contributed by atoms with Crippen molar-refractivity contribution < 1.29 is 62.3 Å². The summed E-state index contributed by atoms with van der Waals surface area (Å²) in [5.74, 6) is -2.44. The maximum atomic E-state index is 12.9. The predicted molar refractivity (Wildman–Crippen MR) is 199 cm³/mol. The van der Waals surface area contributed by atoms with Crippen molar-refractivity contribution in [3.05, 3.63) is 0 Å². The molecule has 18 heteroatoms. The molecule has 0 aliphatic rings. The van der Waals surface area contributed by atoms with Gasteiger partial charge in [0.2, 0.25) is 11.8 Å². The van der Waals surface area contributed by atoms with Gasteiger partial charge in [-0.15, -0.1) is 0 Å². The average molecular weight is 778 g/mol. The van der Waals surface area contributed by atoms with E-state index in [1.807, 2.05) is 0 Å². The van der Waals surface area contributed by atoms with E-state index in [2.05, 4.69) is 31.3 Å². The summed E-state index contributed by atoms with van der Waals surface area (Å²) in [7, 11) is 1.22. The Hall–Kier alpha value is -3.74. The number of unbranched alkanes of at least 4 members (excludes halogenated alkanes) is 1. The third-order valence-electron chi connectivity index (χ3n) is 7.00. The molecular weight excluding hydrogens is 710 g/mol. The minimum Gasteiger partial charge on any atom is -0.480 e. The maximum Gasteiger partial charge on any atom is 0.408 e. The second kappa shape index (κ2) is 29.6. The lowest BCUT2D eigenvalue weighted by atomic mass is 10.1. The van der Waals surface area contributed by atoms with Crippen LogP contribution in [0.15, 0.2) is 0 Å². The summed E-state index contributed by atoms with van der Waals surface area (Å²) in [6.45, 7) is 15.2. The Labute approximate surface area is 320 Å². The third kappa shape index (κ3) is 31.8. The number of rotatable bonds is 30. The number of ether oxygens (including phenoxy) is 6. The van der Waals surface area contributed by atoms with Gasteiger partial charge in [0, 0.05) is 39.1 Å². The first kappa shape index (κ1) is 50.3. The first-order chi connectivity index (χ1) is 25.4. The van der Waals surface area contributed by atoms with Crippen LogP contribution in [0.5, 0.6) is 0 Å². The molecule has 0 aromatic rings. The average Bonchev–Trinajstić information content (AvgIpc) is 3.06. The molecule has 2 atom stereocenters. The number of carbonyl (C=O) groups excluding carboxylic acids is 5. The molecule has 0 bridgehead atoms. The van der Waals surface area contributed by atoms with Gasteiger partial charge in [-0.2, -0.15) is 0 Å². The molecule has 314 valence electrons. The molecule has 0 fully saturated rings. The summed E-state index contributed by atoms with van der Waals surface area (Å²) < 4.78 is 31.7. The van der Waals surface area contributed by atoms with Crippen LogP contribution in [0.2, 0.25) is 0 Å². The zero-order valence-corrected chi connectivity index (χ0v) is 33.4. The van der Waals surface area contributed by atoms with Crippen LogP contribution < -0.4 is 26.6 Å². The molecular formula is C36H67N5O13. The van der Waals surface area contributed by atoms with Crippen molar-refractivity contribution >= 4 is 35.9 Å². The molecule has 54 heavy (non-hydrogen) atoms. The molecule has 0 aromatic heterocycles. The molecule has 0 heterocycles. The predicted octanol–water partition coefficient (Wildman–Crippen LogP) is 2.41. The fourth-order valence-corrected chi connectivity index (χ4v) is 4.43. The molecule has 0 saturated carbocycles. The molecule has 2 unspecified atom stereocenters. The zero-order chi connectivity index (χ0) is 40.8. The lowest BCUT2D eigenvalue weighted by Crippen LogP contribution is -2.48. The van der Waals surface area contributed by atoms with Crippen molar-refractivity contribution in [2.75, 3.05) is 72.9 Å². The number of carboxylic acids is 1. The zero-order valence-electron chi connectivity index (χ0n) is 33.4. The highest BCUT2D eigenvalue weighted by Gasteiger charge is 2.24. The van der Waals surface area contributed by atoms with E-state index >= 15 is 0 Å². The Bertz CT molecular complexity index is 1100. The molecule has 0 radical (unpaired) electrons. The Balaban J connectivity index is 3.96. The summed E-state index contributed by atoms with van der Waals surface area (Å²) in [4.78, 5) is 71.5. The van der Waals surface area contributed by atoms with Gasteiger partial charge < -0.3 is 60.1 Å². The SMILES string of the molecule is COC(=O)CCC(NC(=O)CCCNCCCOCCOCCOCCCNC(=O)C(CCCCNC(=O)OC(C)(C)C)NC(=O)OC(C)(C)C)C(=O)O. The number of aliphatic carboxylic acids is 1. The third-order valence-corrected chi connectivity index (χ3v) is 7.00. The van der Waals surface area contributed by atoms with Crippen LogP contribution >= 0.6 is 0 Å². The van der Waals surface area contributed by atoms with Crippen molar-refractivity contribution in [2.45, 2.75) is 123 Å². The molecule has 0 aromatic carbocycles. The smallest absolute Gasteiger partial charge is 0.408 e. The van der Waals surface area contributed by atoms with Gasteiger partial charge in [-0.25, -0.2) is 14.4 Å². The number of hydrogen-bond donors (Lipinski definition) is 6. The number of carboxylic acid groups (broad SMARTS) is 1. The Morgan fingerprint density at radius 3 is 1.69 bits per heavy atom. The fourth-order valence-electron chi connectivity index (χ4n) is 4.43. The molecule has 4 amide bonds. The van der Waals surface area contributed by atoms with E-state index in [1.54, 1.807) is 41.5 Å². The summed E-state index contributed by atoms with van der Waals surface area (Å²) >= 11 is 0. The summed E-state index contributed by atoms with van der Waals surface area (Å²) in [5.41, 5.74) is -1.30. The Morgan fingerprint density at radius 2 is 1.11 bits per heavy atom. The molecule has 18 nitrogen and oxygen atoms in total. The summed E-state index contributed by atoms with van der Waals surface area (Å²) in [6, 6.07) is -1.93. The maximum absolute atomic E-state index is 12.9. The monoisotopic (exact) mass is 777 g/mol. The van der Waals surface area contributed by atoms with Crippen LogP contribution in [0.3, 0.4) is 0 Å². The molecule has 6 N–H and O–H groups in total. The van der Waals surface area contributed by atoms with Crippen molar-refractivity contribution in [3.8, 4) is 0 Å². The van der Waals surface area contributed by atoms with Gasteiger partial charge in [-0.05, 0) is 99.6 Å². The van der Waals surface area contributed by atoms with E-state index < -0.39 is 47.4 Å². The lowest BCUT2D eigenvalue weighted by Gasteiger charge is -2.23. The standard InChI is InChI=1S/C36H67N5O13/c1-35(2,3)53-33(47)39-19-9-8-13-27(41-34(48)54-36(4,5)6)31(44)38-20-12-22-51-24-26-52-25-23-50-21-11-18-37-17-10-14-29(42)40-28(32(45)46)15-16-30(43)49-7/h27-28,37H,8-26H2,1-7H3,(H,38,44)(H,39,47)(H,40,42)(H,41,48)(H,45,46). The first-order valence-corrected chi connectivity index (χ1v) is 18.7. The lowest BCUT2D eigenvalue weighted by molar-refractivity contribution is -0.144. The minimum absolute atomic E-state index is 0.0308. The number of carbonyl (C=O) groups is 6. The number of amides is 4. The highest BCUT2D eigenvalue weighted by atomic mass is 16.6. The van der Waals surface area contributed by atoms with Crippen molar-refractivity contribution in [1.29, 1.82) is 0 Å². The second-order valence-corrected chi connectivity index (χ2v) is 14.4. The van der Waals surface area contributed by atoms with E-state index in [9.17, 15) is 33.9 Å². The Morgan fingerprint density at radius 1 is 0.574 bits per heavy atom. The Kier molecular flexibility index (Phi) is 27.5. The van der Waals surface area contributed by atoms with Gasteiger partial charge in [0.15, 0.2) is 0 Å². The summed E-state index contributed by atoms with van der Waals surface area (Å²) in [5, 5.41) is 23.0. The van der Waals surface area contributed by atoms with E-state index in [-0.39, 0.29) is 31.1 Å². The molecule has 0 aliphatic heterocycles. The van der Waals surface area contributed by atoms with E-state index in [4.69, 9.17) is 23.7 Å². The van der Waals surface area contributed by atoms with E-state index in [0.29, 0.717) is 97.9 Å². The number of nitrogens with one attached hydrogen (secondary N) is 5. The van der Waals surface area contributed by atoms with Crippen LogP contribution in [-0.2, 0) is 47.6 Å². The van der Waals surface area contributed by atoms with Crippen molar-refractivity contribution in [1.82, 2.24) is 26.6 Å². The second-order valence-electron chi connectivity index (χ2n) is 14.4. The molecule has 0 rings (SSSR count). The highest BCUT2D eigenvalue weighted by molar-refractivity contribution is 5.85. The summed E-state index contributed by atoms with van der Waals surface area (Å²) in [6.07, 6.45) is 2.25. The van der Waals surface area contributed by atoms with E-state index in [1.165, 1.54) is 7.11 Å². The van der Waals surface area contributed by atoms with Gasteiger partial charge in [-0.3, -0.25) is 14.4 Å². The van der Waals surface area contributed by atoms with E-state index in [0.717, 1.165) is 6.42 Å². The molecule has 0 saturated heterocycles. The van der Waals surface area contributed by atoms with Gasteiger partial charge in [-0.1, -0.05) is 0 Å². The number of methoxy groups -OCH3 is 1. The molecule has 0 spiro atoms. The van der Waals surface area contributed by atoms with Crippen LogP contribution in [0.25, 0.3) is 0 Å². The minimum atomic E-state index is -1.20.